The van der Waals surface area contributed by atoms with Crippen LogP contribution in [0, 0.1) is 0 Å². The third kappa shape index (κ3) is 4.89. The Bertz CT molecular complexity index is 314. The first-order valence-corrected chi connectivity index (χ1v) is 5.51. The van der Waals surface area contributed by atoms with Gasteiger partial charge in [0.25, 0.3) is 0 Å². The summed E-state index contributed by atoms with van der Waals surface area (Å²) in [4.78, 5) is 15.4. The van der Waals surface area contributed by atoms with Crippen molar-refractivity contribution in [1.82, 2.24) is 10.3 Å². The number of aryl methyl sites for hydroxylation is 1. The minimum absolute atomic E-state index is 0.0257. The molecule has 0 aliphatic carbocycles. The van der Waals surface area contributed by atoms with Crippen LogP contribution in [0.4, 0.5) is 0 Å². The number of nitrogens with one attached hydrogen (secondary N) is 1. The Labute approximate surface area is 95.7 Å². The molecule has 0 spiro atoms. The van der Waals surface area contributed by atoms with Gasteiger partial charge in [0.2, 0.25) is 5.91 Å². The van der Waals surface area contributed by atoms with Gasteiger partial charge < -0.3 is 10.4 Å². The molecule has 1 aromatic rings. The minimum Gasteiger partial charge on any atom is -0.396 e. The van der Waals surface area contributed by atoms with Gasteiger partial charge in [-0.3, -0.25) is 9.78 Å². The standard InChI is InChI=1S/C12H18N2O2/c1-10(6-9-15)14-12(16)3-2-11-4-7-13-8-5-11/h4-5,7-8,10,15H,2-3,6,9H2,1H3,(H,14,16). The molecule has 0 saturated heterocycles. The monoisotopic (exact) mass is 222 g/mol. The van der Waals surface area contributed by atoms with Gasteiger partial charge in [-0.05, 0) is 37.5 Å². The summed E-state index contributed by atoms with van der Waals surface area (Å²) >= 11 is 0. The van der Waals surface area contributed by atoms with Crippen molar-refractivity contribution in [1.29, 1.82) is 0 Å². The molecule has 16 heavy (non-hydrogen) atoms. The van der Waals surface area contributed by atoms with Crippen molar-refractivity contribution >= 4 is 5.91 Å². The highest BCUT2D eigenvalue weighted by Crippen LogP contribution is 2.01. The lowest BCUT2D eigenvalue weighted by Crippen LogP contribution is -2.33. The van der Waals surface area contributed by atoms with Crippen molar-refractivity contribution in [2.75, 3.05) is 6.61 Å². The molecular formula is C12H18N2O2. The van der Waals surface area contributed by atoms with Gasteiger partial charge in [0.05, 0.1) is 0 Å². The first-order chi connectivity index (χ1) is 7.72. The number of carbonyl (C=O) groups is 1. The third-order valence-corrected chi connectivity index (χ3v) is 2.36. The zero-order valence-corrected chi connectivity index (χ0v) is 9.52. The van der Waals surface area contributed by atoms with Crippen molar-refractivity contribution in [2.45, 2.75) is 32.2 Å². The summed E-state index contributed by atoms with van der Waals surface area (Å²) in [7, 11) is 0. The van der Waals surface area contributed by atoms with Crippen LogP contribution < -0.4 is 5.32 Å². The fourth-order valence-electron chi connectivity index (χ4n) is 1.42. The van der Waals surface area contributed by atoms with E-state index in [0.29, 0.717) is 12.8 Å². The summed E-state index contributed by atoms with van der Waals surface area (Å²) < 4.78 is 0. The first-order valence-electron chi connectivity index (χ1n) is 5.51. The molecule has 4 nitrogen and oxygen atoms in total. The van der Waals surface area contributed by atoms with Gasteiger partial charge >= 0.3 is 0 Å². The highest BCUT2D eigenvalue weighted by Gasteiger charge is 2.06. The highest BCUT2D eigenvalue weighted by molar-refractivity contribution is 5.76. The lowest BCUT2D eigenvalue weighted by molar-refractivity contribution is -0.121. The van der Waals surface area contributed by atoms with Gasteiger partial charge in [-0.25, -0.2) is 0 Å². The van der Waals surface area contributed by atoms with E-state index in [9.17, 15) is 4.79 Å². The zero-order valence-electron chi connectivity index (χ0n) is 9.52. The average Bonchev–Trinajstić information content (AvgIpc) is 2.28. The molecule has 4 heteroatoms. The van der Waals surface area contributed by atoms with Crippen LogP contribution in [0.3, 0.4) is 0 Å². The van der Waals surface area contributed by atoms with Crippen molar-refractivity contribution in [3.8, 4) is 0 Å². The second-order valence-corrected chi connectivity index (χ2v) is 3.84. The second kappa shape index (κ2) is 6.95. The maximum Gasteiger partial charge on any atom is 0.220 e. The Morgan fingerprint density at radius 2 is 2.19 bits per heavy atom. The molecule has 0 radical (unpaired) electrons. The number of rotatable bonds is 6. The number of pyridine rings is 1. The smallest absolute Gasteiger partial charge is 0.220 e. The molecule has 0 aliphatic rings. The lowest BCUT2D eigenvalue weighted by atomic mass is 10.1. The first kappa shape index (κ1) is 12.6. The normalized spacial score (nSPS) is 12.1. The number of hydrogen-bond acceptors (Lipinski definition) is 3. The van der Waals surface area contributed by atoms with E-state index in [4.69, 9.17) is 5.11 Å². The molecule has 1 aromatic heterocycles. The molecule has 1 heterocycles. The quantitative estimate of drug-likeness (QED) is 0.751. The van der Waals surface area contributed by atoms with Gasteiger partial charge in [0, 0.05) is 31.5 Å². The second-order valence-electron chi connectivity index (χ2n) is 3.84. The van der Waals surface area contributed by atoms with Crippen LogP contribution in [0.25, 0.3) is 0 Å². The molecule has 0 aliphatic heterocycles. The lowest BCUT2D eigenvalue weighted by Gasteiger charge is -2.12. The predicted octanol–water partition coefficient (Wildman–Crippen LogP) is 0.901. The van der Waals surface area contributed by atoms with Crippen molar-refractivity contribution in [3.63, 3.8) is 0 Å². The van der Waals surface area contributed by atoms with Crippen LogP contribution in [0.1, 0.15) is 25.3 Å². The maximum absolute atomic E-state index is 11.5. The fourth-order valence-corrected chi connectivity index (χ4v) is 1.42. The Hall–Kier alpha value is -1.42. The van der Waals surface area contributed by atoms with E-state index in [1.165, 1.54) is 0 Å². The minimum atomic E-state index is 0.0257. The van der Waals surface area contributed by atoms with Crippen LogP contribution in [0.5, 0.6) is 0 Å². The van der Waals surface area contributed by atoms with E-state index in [1.807, 2.05) is 19.1 Å². The molecule has 0 bridgehead atoms. The number of aliphatic hydroxyl groups is 1. The number of hydrogen-bond donors (Lipinski definition) is 2. The molecular weight excluding hydrogens is 204 g/mol. The summed E-state index contributed by atoms with van der Waals surface area (Å²) in [6.07, 6.45) is 5.24. The Morgan fingerprint density at radius 1 is 1.50 bits per heavy atom. The molecule has 1 atom stereocenters. The number of amides is 1. The Balaban J connectivity index is 2.25. The van der Waals surface area contributed by atoms with Crippen LogP contribution in [0.15, 0.2) is 24.5 Å². The summed E-state index contributed by atoms with van der Waals surface area (Å²) in [5.41, 5.74) is 1.11. The summed E-state index contributed by atoms with van der Waals surface area (Å²) in [5.74, 6) is 0.0257. The predicted molar refractivity (Wildman–Crippen MR) is 61.9 cm³/mol. The third-order valence-electron chi connectivity index (χ3n) is 2.36. The molecule has 2 N–H and O–H groups in total. The average molecular weight is 222 g/mol. The molecule has 0 saturated carbocycles. The van der Waals surface area contributed by atoms with Crippen molar-refractivity contribution in [2.24, 2.45) is 0 Å². The van der Waals surface area contributed by atoms with E-state index < -0.39 is 0 Å². The van der Waals surface area contributed by atoms with Gasteiger partial charge in [0.1, 0.15) is 0 Å². The summed E-state index contributed by atoms with van der Waals surface area (Å²) in [5, 5.41) is 11.5. The largest absolute Gasteiger partial charge is 0.396 e. The van der Waals surface area contributed by atoms with E-state index in [2.05, 4.69) is 10.3 Å². The number of nitrogens with zero attached hydrogens (tertiary/aromatic N) is 1. The molecule has 1 amide bonds. The molecule has 0 aromatic carbocycles. The van der Waals surface area contributed by atoms with E-state index in [-0.39, 0.29) is 18.6 Å². The number of aliphatic hydroxyl groups excluding tert-OH is 1. The van der Waals surface area contributed by atoms with Gasteiger partial charge in [-0.1, -0.05) is 0 Å². The Kier molecular flexibility index (Phi) is 5.50. The van der Waals surface area contributed by atoms with Crippen LogP contribution in [-0.2, 0) is 11.2 Å². The van der Waals surface area contributed by atoms with Gasteiger partial charge in [-0.15, -0.1) is 0 Å². The summed E-state index contributed by atoms with van der Waals surface area (Å²) in [6.45, 7) is 1.99. The van der Waals surface area contributed by atoms with Gasteiger partial charge in [-0.2, -0.15) is 0 Å². The molecule has 1 unspecified atom stereocenters. The van der Waals surface area contributed by atoms with Crippen LogP contribution in [0.2, 0.25) is 0 Å². The SMILES string of the molecule is CC(CCO)NC(=O)CCc1ccncc1. The summed E-state index contributed by atoms with van der Waals surface area (Å²) in [6, 6.07) is 3.85. The fraction of sp³-hybridized carbons (Fsp3) is 0.500. The van der Waals surface area contributed by atoms with Crippen molar-refractivity contribution in [3.05, 3.63) is 30.1 Å². The van der Waals surface area contributed by atoms with Crippen LogP contribution >= 0.6 is 0 Å². The van der Waals surface area contributed by atoms with E-state index in [0.717, 1.165) is 12.0 Å². The number of carbonyl (C=O) groups excluding carboxylic acids is 1. The van der Waals surface area contributed by atoms with E-state index in [1.54, 1.807) is 12.4 Å². The van der Waals surface area contributed by atoms with Gasteiger partial charge in [0.15, 0.2) is 0 Å². The highest BCUT2D eigenvalue weighted by atomic mass is 16.3. The number of aromatic nitrogens is 1. The zero-order chi connectivity index (χ0) is 11.8. The van der Waals surface area contributed by atoms with Crippen molar-refractivity contribution < 1.29 is 9.90 Å². The molecule has 0 fully saturated rings. The van der Waals surface area contributed by atoms with Crippen LogP contribution in [-0.4, -0.2) is 28.6 Å². The maximum atomic E-state index is 11.5. The molecule has 88 valence electrons. The Morgan fingerprint density at radius 3 is 2.81 bits per heavy atom. The molecule has 1 rings (SSSR count). The topological polar surface area (TPSA) is 62.2 Å². The van der Waals surface area contributed by atoms with E-state index >= 15 is 0 Å².